The van der Waals surface area contributed by atoms with Crippen LogP contribution in [0, 0.1) is 13.8 Å². The van der Waals surface area contributed by atoms with Crippen LogP contribution in [0.1, 0.15) is 41.2 Å². The molecule has 0 radical (unpaired) electrons. The zero-order valence-electron chi connectivity index (χ0n) is 13.3. The Kier molecular flexibility index (Phi) is 5.97. The number of nitrogens with zero attached hydrogens (tertiary/aromatic N) is 2. The number of thiophene rings is 1. The average Bonchev–Trinajstić information content (AvgIpc) is 3.00. The summed E-state index contributed by atoms with van der Waals surface area (Å²) in [5.74, 6) is 0.0636. The number of hydrogen-bond donors (Lipinski definition) is 1. The van der Waals surface area contributed by atoms with Gasteiger partial charge in [0.25, 0.3) is 0 Å². The van der Waals surface area contributed by atoms with Crippen molar-refractivity contribution in [1.29, 1.82) is 0 Å². The Morgan fingerprint density at radius 3 is 2.59 bits per heavy atom. The summed E-state index contributed by atoms with van der Waals surface area (Å²) in [4.78, 5) is 22.2. The highest BCUT2D eigenvalue weighted by atomic mass is 32.2. The standard InChI is InChI=1S/C16H21N3OS2/c1-10-13(11(2)19-16(18-10)21-4)7-8-15(20)17-12(3)14-6-5-9-22-14/h5-6,9,12H,7-8H2,1-4H3,(H,17,20). The minimum Gasteiger partial charge on any atom is -0.349 e. The van der Waals surface area contributed by atoms with Gasteiger partial charge in [-0.25, -0.2) is 9.97 Å². The van der Waals surface area contributed by atoms with E-state index in [1.54, 1.807) is 11.3 Å². The zero-order valence-corrected chi connectivity index (χ0v) is 15.0. The van der Waals surface area contributed by atoms with Crippen LogP contribution in [-0.2, 0) is 11.2 Å². The van der Waals surface area contributed by atoms with Crippen molar-refractivity contribution in [3.8, 4) is 0 Å². The number of amides is 1. The first kappa shape index (κ1) is 17.0. The molecule has 6 heteroatoms. The van der Waals surface area contributed by atoms with Gasteiger partial charge in [0.15, 0.2) is 5.16 Å². The maximum absolute atomic E-state index is 12.1. The molecular weight excluding hydrogens is 314 g/mol. The van der Waals surface area contributed by atoms with Crippen molar-refractivity contribution in [2.75, 3.05) is 6.26 Å². The summed E-state index contributed by atoms with van der Waals surface area (Å²) >= 11 is 3.20. The number of aryl methyl sites for hydroxylation is 2. The molecule has 2 aromatic rings. The molecule has 0 fully saturated rings. The number of carbonyl (C=O) groups is 1. The number of thioether (sulfide) groups is 1. The summed E-state index contributed by atoms with van der Waals surface area (Å²) in [5.41, 5.74) is 3.02. The van der Waals surface area contributed by atoms with Crippen LogP contribution in [0.5, 0.6) is 0 Å². The first-order valence-electron chi connectivity index (χ1n) is 7.22. The van der Waals surface area contributed by atoms with Crippen molar-refractivity contribution < 1.29 is 4.79 Å². The van der Waals surface area contributed by atoms with Crippen LogP contribution in [0.15, 0.2) is 22.7 Å². The molecule has 0 aliphatic heterocycles. The maximum Gasteiger partial charge on any atom is 0.220 e. The topological polar surface area (TPSA) is 54.9 Å². The molecular formula is C16H21N3OS2. The third-order valence-corrected chi connectivity index (χ3v) is 5.13. The second-order valence-electron chi connectivity index (χ2n) is 5.16. The number of hydrogen-bond acceptors (Lipinski definition) is 5. The fraction of sp³-hybridized carbons (Fsp3) is 0.438. The quantitative estimate of drug-likeness (QED) is 0.646. The monoisotopic (exact) mass is 335 g/mol. The largest absolute Gasteiger partial charge is 0.349 e. The predicted molar refractivity (Wildman–Crippen MR) is 92.5 cm³/mol. The summed E-state index contributed by atoms with van der Waals surface area (Å²) in [6.45, 7) is 5.97. The second-order valence-corrected chi connectivity index (χ2v) is 6.92. The van der Waals surface area contributed by atoms with Crippen LogP contribution in [0.2, 0.25) is 0 Å². The molecule has 0 bridgehead atoms. The molecule has 2 heterocycles. The molecule has 0 aliphatic carbocycles. The van der Waals surface area contributed by atoms with Crippen LogP contribution < -0.4 is 5.32 Å². The molecule has 1 amide bonds. The van der Waals surface area contributed by atoms with E-state index >= 15 is 0 Å². The molecule has 1 N–H and O–H groups in total. The fourth-order valence-corrected chi connectivity index (χ4v) is 3.51. The van der Waals surface area contributed by atoms with Gasteiger partial charge in [0.2, 0.25) is 5.91 Å². The fourth-order valence-electron chi connectivity index (χ4n) is 2.32. The Labute approximate surface area is 139 Å². The second kappa shape index (κ2) is 7.74. The van der Waals surface area contributed by atoms with Crippen LogP contribution in [0.25, 0.3) is 0 Å². The molecule has 4 nitrogen and oxygen atoms in total. The first-order valence-corrected chi connectivity index (χ1v) is 9.32. The zero-order chi connectivity index (χ0) is 16.1. The van der Waals surface area contributed by atoms with E-state index in [1.165, 1.54) is 16.6 Å². The average molecular weight is 335 g/mol. The van der Waals surface area contributed by atoms with Gasteiger partial charge in [-0.05, 0) is 50.5 Å². The molecule has 1 unspecified atom stereocenters. The van der Waals surface area contributed by atoms with Gasteiger partial charge in [0.05, 0.1) is 6.04 Å². The highest BCUT2D eigenvalue weighted by molar-refractivity contribution is 7.98. The number of rotatable bonds is 6. The third-order valence-electron chi connectivity index (χ3n) is 3.53. The molecule has 1 atom stereocenters. The van der Waals surface area contributed by atoms with Crippen molar-refractivity contribution >= 4 is 29.0 Å². The predicted octanol–water partition coefficient (Wildman–Crippen LogP) is 3.69. The first-order chi connectivity index (χ1) is 10.5. The van der Waals surface area contributed by atoms with Crippen LogP contribution >= 0.6 is 23.1 Å². The van der Waals surface area contributed by atoms with E-state index in [4.69, 9.17) is 0 Å². The van der Waals surface area contributed by atoms with Gasteiger partial charge in [-0.15, -0.1) is 11.3 Å². The molecule has 2 rings (SSSR count). The van der Waals surface area contributed by atoms with E-state index in [1.807, 2.05) is 44.5 Å². The smallest absolute Gasteiger partial charge is 0.220 e. The van der Waals surface area contributed by atoms with Gasteiger partial charge < -0.3 is 5.32 Å². The van der Waals surface area contributed by atoms with E-state index in [-0.39, 0.29) is 11.9 Å². The molecule has 0 spiro atoms. The van der Waals surface area contributed by atoms with Crippen molar-refractivity contribution in [1.82, 2.24) is 15.3 Å². The van der Waals surface area contributed by atoms with E-state index in [9.17, 15) is 4.79 Å². The van der Waals surface area contributed by atoms with Crippen molar-refractivity contribution in [3.05, 3.63) is 39.3 Å². The maximum atomic E-state index is 12.1. The van der Waals surface area contributed by atoms with Crippen LogP contribution in [0.4, 0.5) is 0 Å². The lowest BCUT2D eigenvalue weighted by molar-refractivity contribution is -0.121. The molecule has 0 aromatic carbocycles. The molecule has 118 valence electrons. The Bertz CT molecular complexity index is 618. The summed E-state index contributed by atoms with van der Waals surface area (Å²) in [6.07, 6.45) is 3.10. The van der Waals surface area contributed by atoms with Gasteiger partial charge in [0.1, 0.15) is 0 Å². The summed E-state index contributed by atoms with van der Waals surface area (Å²) < 4.78 is 0. The van der Waals surface area contributed by atoms with Gasteiger partial charge in [-0.3, -0.25) is 4.79 Å². The van der Waals surface area contributed by atoms with E-state index in [0.29, 0.717) is 12.8 Å². The highest BCUT2D eigenvalue weighted by Crippen LogP contribution is 2.19. The van der Waals surface area contributed by atoms with E-state index in [0.717, 1.165) is 22.1 Å². The lowest BCUT2D eigenvalue weighted by atomic mass is 10.1. The minimum atomic E-state index is 0.0600. The Balaban J connectivity index is 1.94. The van der Waals surface area contributed by atoms with E-state index < -0.39 is 0 Å². The van der Waals surface area contributed by atoms with Gasteiger partial charge >= 0.3 is 0 Å². The normalized spacial score (nSPS) is 12.2. The lowest BCUT2D eigenvalue weighted by Gasteiger charge is -2.13. The Morgan fingerprint density at radius 2 is 2.05 bits per heavy atom. The Hall–Kier alpha value is -1.40. The summed E-state index contributed by atoms with van der Waals surface area (Å²) in [6, 6.07) is 4.10. The van der Waals surface area contributed by atoms with Gasteiger partial charge in [0, 0.05) is 22.7 Å². The van der Waals surface area contributed by atoms with Gasteiger partial charge in [-0.1, -0.05) is 17.8 Å². The number of carbonyl (C=O) groups excluding carboxylic acids is 1. The highest BCUT2D eigenvalue weighted by Gasteiger charge is 2.13. The van der Waals surface area contributed by atoms with Crippen molar-refractivity contribution in [3.63, 3.8) is 0 Å². The number of aromatic nitrogens is 2. The van der Waals surface area contributed by atoms with Gasteiger partial charge in [-0.2, -0.15) is 0 Å². The third kappa shape index (κ3) is 4.30. The summed E-state index contributed by atoms with van der Waals surface area (Å²) in [5, 5.41) is 5.85. The molecule has 0 aliphatic rings. The minimum absolute atomic E-state index is 0.0600. The SMILES string of the molecule is CSc1nc(C)c(CCC(=O)NC(C)c2cccs2)c(C)n1. The molecule has 22 heavy (non-hydrogen) atoms. The number of nitrogens with one attached hydrogen (secondary N) is 1. The lowest BCUT2D eigenvalue weighted by Crippen LogP contribution is -2.26. The summed E-state index contributed by atoms with van der Waals surface area (Å²) in [7, 11) is 0. The van der Waals surface area contributed by atoms with Crippen LogP contribution in [0.3, 0.4) is 0 Å². The molecule has 0 saturated heterocycles. The van der Waals surface area contributed by atoms with Crippen molar-refractivity contribution in [2.45, 2.75) is 44.8 Å². The molecule has 2 aromatic heterocycles. The Morgan fingerprint density at radius 1 is 1.36 bits per heavy atom. The van der Waals surface area contributed by atoms with Crippen molar-refractivity contribution in [2.24, 2.45) is 0 Å². The molecule has 0 saturated carbocycles. The van der Waals surface area contributed by atoms with Crippen LogP contribution in [-0.4, -0.2) is 22.1 Å². The van der Waals surface area contributed by atoms with E-state index in [2.05, 4.69) is 15.3 Å².